The van der Waals surface area contributed by atoms with E-state index in [1.807, 2.05) is 6.07 Å². The molecule has 6 heteroatoms. The van der Waals surface area contributed by atoms with E-state index in [1.54, 1.807) is 60.7 Å². The van der Waals surface area contributed by atoms with Gasteiger partial charge in [0, 0.05) is 22.3 Å². The van der Waals surface area contributed by atoms with Gasteiger partial charge in [0.25, 0.3) is 11.8 Å². The van der Waals surface area contributed by atoms with Crippen LogP contribution in [0.1, 0.15) is 16.1 Å². The molecule has 130 valence electrons. The van der Waals surface area contributed by atoms with Crippen LogP contribution in [0.4, 0.5) is 5.69 Å². The molecule has 0 spiro atoms. The predicted octanol–water partition coefficient (Wildman–Crippen LogP) is 4.34. The molecular weight excluding hydrogens is 352 g/mol. The zero-order valence-electron chi connectivity index (χ0n) is 13.6. The monoisotopic (exact) mass is 366 g/mol. The minimum atomic E-state index is -0.463. The van der Waals surface area contributed by atoms with Gasteiger partial charge in [-0.15, -0.1) is 0 Å². The summed E-state index contributed by atoms with van der Waals surface area (Å²) >= 11 is 5.84. The Morgan fingerprint density at radius 2 is 1.65 bits per heavy atom. The van der Waals surface area contributed by atoms with Crippen LogP contribution in [0.3, 0.4) is 0 Å². The number of nitrogens with one attached hydrogen (secondary N) is 2. The second-order valence-corrected chi connectivity index (χ2v) is 5.79. The maximum absolute atomic E-state index is 12.6. The quantitative estimate of drug-likeness (QED) is 0.660. The van der Waals surface area contributed by atoms with E-state index in [4.69, 9.17) is 16.0 Å². The van der Waals surface area contributed by atoms with Crippen molar-refractivity contribution in [3.8, 4) is 0 Å². The van der Waals surface area contributed by atoms with Crippen molar-refractivity contribution in [3.63, 3.8) is 0 Å². The van der Waals surface area contributed by atoms with Crippen molar-refractivity contribution in [2.24, 2.45) is 0 Å². The normalized spacial score (nSPS) is 11.0. The highest BCUT2D eigenvalue weighted by Gasteiger charge is 2.15. The van der Waals surface area contributed by atoms with Crippen LogP contribution in [0.15, 0.2) is 83.1 Å². The fourth-order valence-corrected chi connectivity index (χ4v) is 2.32. The SMILES string of the molecule is O=C(Nc1ccccc1)/C(=C\c1ccco1)NC(=O)c1ccc(Cl)cc1. The van der Waals surface area contributed by atoms with Crippen LogP contribution in [0, 0.1) is 0 Å². The molecular formula is C20H15ClN2O3. The molecule has 0 radical (unpaired) electrons. The second-order valence-electron chi connectivity index (χ2n) is 5.35. The molecule has 0 aliphatic rings. The van der Waals surface area contributed by atoms with Crippen molar-refractivity contribution in [3.05, 3.63) is 95.0 Å². The van der Waals surface area contributed by atoms with Crippen LogP contribution >= 0.6 is 11.6 Å². The fourth-order valence-electron chi connectivity index (χ4n) is 2.19. The minimum Gasteiger partial charge on any atom is -0.465 e. The van der Waals surface area contributed by atoms with Crippen molar-refractivity contribution in [1.29, 1.82) is 0 Å². The van der Waals surface area contributed by atoms with E-state index in [2.05, 4.69) is 10.6 Å². The lowest BCUT2D eigenvalue weighted by molar-refractivity contribution is -0.113. The first-order valence-electron chi connectivity index (χ1n) is 7.80. The van der Waals surface area contributed by atoms with E-state index in [9.17, 15) is 9.59 Å². The molecule has 0 saturated heterocycles. The summed E-state index contributed by atoms with van der Waals surface area (Å²) in [6.45, 7) is 0. The van der Waals surface area contributed by atoms with E-state index >= 15 is 0 Å². The van der Waals surface area contributed by atoms with Crippen molar-refractivity contribution in [2.75, 3.05) is 5.32 Å². The molecule has 3 aromatic rings. The lowest BCUT2D eigenvalue weighted by Crippen LogP contribution is -2.30. The zero-order valence-corrected chi connectivity index (χ0v) is 14.4. The Balaban J connectivity index is 1.82. The highest BCUT2D eigenvalue weighted by molar-refractivity contribution is 6.30. The average Bonchev–Trinajstić information content (AvgIpc) is 3.15. The number of amides is 2. The molecule has 0 aliphatic heterocycles. The summed E-state index contributed by atoms with van der Waals surface area (Å²) in [7, 11) is 0. The molecule has 0 fully saturated rings. The number of anilines is 1. The highest BCUT2D eigenvalue weighted by Crippen LogP contribution is 2.13. The Bertz CT molecular complexity index is 917. The van der Waals surface area contributed by atoms with Gasteiger partial charge in [0.2, 0.25) is 0 Å². The first-order valence-corrected chi connectivity index (χ1v) is 8.18. The second kappa shape index (κ2) is 8.18. The van der Waals surface area contributed by atoms with Gasteiger partial charge in [0.05, 0.1) is 6.26 Å². The number of carbonyl (C=O) groups excluding carboxylic acids is 2. The Kier molecular flexibility index (Phi) is 5.51. The van der Waals surface area contributed by atoms with Crippen molar-refractivity contribution in [2.45, 2.75) is 0 Å². The maximum atomic E-state index is 12.6. The van der Waals surface area contributed by atoms with Crippen LogP contribution < -0.4 is 10.6 Å². The molecule has 0 atom stereocenters. The number of halogens is 1. The third-order valence-electron chi connectivity index (χ3n) is 3.46. The molecule has 3 rings (SSSR count). The Morgan fingerprint density at radius 1 is 0.923 bits per heavy atom. The Hall–Kier alpha value is -3.31. The smallest absolute Gasteiger partial charge is 0.272 e. The summed E-state index contributed by atoms with van der Waals surface area (Å²) in [6.07, 6.45) is 2.95. The third kappa shape index (κ3) is 4.62. The molecule has 1 heterocycles. The van der Waals surface area contributed by atoms with Gasteiger partial charge in [-0.3, -0.25) is 9.59 Å². The molecule has 2 aromatic carbocycles. The molecule has 0 bridgehead atoms. The number of benzene rings is 2. The van der Waals surface area contributed by atoms with Gasteiger partial charge in [-0.1, -0.05) is 29.8 Å². The molecule has 0 saturated carbocycles. The van der Waals surface area contributed by atoms with Crippen molar-refractivity contribution >= 4 is 35.2 Å². The van der Waals surface area contributed by atoms with Crippen LogP contribution in [0.2, 0.25) is 5.02 Å². The van der Waals surface area contributed by atoms with Gasteiger partial charge in [-0.2, -0.15) is 0 Å². The van der Waals surface area contributed by atoms with E-state index in [0.717, 1.165) is 0 Å². The number of para-hydroxylation sites is 1. The van der Waals surface area contributed by atoms with Gasteiger partial charge in [0.1, 0.15) is 11.5 Å². The largest absolute Gasteiger partial charge is 0.465 e. The van der Waals surface area contributed by atoms with Crippen LogP contribution in [0.5, 0.6) is 0 Å². The molecule has 0 unspecified atom stereocenters. The summed E-state index contributed by atoms with van der Waals surface area (Å²) in [4.78, 5) is 25.0. The minimum absolute atomic E-state index is 0.0590. The lowest BCUT2D eigenvalue weighted by Gasteiger charge is -2.11. The molecule has 2 amide bonds. The number of rotatable bonds is 5. The highest BCUT2D eigenvalue weighted by atomic mass is 35.5. The van der Waals surface area contributed by atoms with Crippen LogP contribution in [-0.4, -0.2) is 11.8 Å². The first-order chi connectivity index (χ1) is 12.6. The molecule has 2 N–H and O–H groups in total. The summed E-state index contributed by atoms with van der Waals surface area (Å²) in [5.41, 5.74) is 1.06. The number of carbonyl (C=O) groups is 2. The Morgan fingerprint density at radius 3 is 2.31 bits per heavy atom. The first kappa shape index (κ1) is 17.5. The fraction of sp³-hybridized carbons (Fsp3) is 0. The zero-order chi connectivity index (χ0) is 18.4. The molecule has 5 nitrogen and oxygen atoms in total. The summed E-state index contributed by atoms with van der Waals surface area (Å²) in [6, 6.07) is 18.7. The van der Waals surface area contributed by atoms with E-state index in [-0.39, 0.29) is 5.70 Å². The standard InChI is InChI=1S/C20H15ClN2O3/c21-15-10-8-14(9-11-15)19(24)23-18(13-17-7-4-12-26-17)20(25)22-16-5-2-1-3-6-16/h1-13H,(H,22,25)(H,23,24)/b18-13+. The number of hydrogen-bond donors (Lipinski definition) is 2. The number of hydrogen-bond acceptors (Lipinski definition) is 3. The summed E-state index contributed by atoms with van der Waals surface area (Å²) < 4.78 is 5.24. The number of furan rings is 1. The molecule has 0 aliphatic carbocycles. The summed E-state index contributed by atoms with van der Waals surface area (Å²) in [5.74, 6) is -0.447. The van der Waals surface area contributed by atoms with Gasteiger partial charge in [-0.25, -0.2) is 0 Å². The lowest BCUT2D eigenvalue weighted by atomic mass is 10.2. The van der Waals surface area contributed by atoms with Crippen molar-refractivity contribution < 1.29 is 14.0 Å². The Labute approximate surface area is 155 Å². The van der Waals surface area contributed by atoms with Crippen molar-refractivity contribution in [1.82, 2.24) is 5.32 Å². The maximum Gasteiger partial charge on any atom is 0.272 e. The van der Waals surface area contributed by atoms with Crippen LogP contribution in [-0.2, 0) is 4.79 Å². The van der Waals surface area contributed by atoms with Crippen LogP contribution in [0.25, 0.3) is 6.08 Å². The summed E-state index contributed by atoms with van der Waals surface area (Å²) in [5, 5.41) is 5.88. The van der Waals surface area contributed by atoms with Gasteiger partial charge in [0.15, 0.2) is 0 Å². The van der Waals surface area contributed by atoms with Gasteiger partial charge in [-0.05, 0) is 48.5 Å². The van der Waals surface area contributed by atoms with Gasteiger partial charge < -0.3 is 15.1 Å². The molecule has 26 heavy (non-hydrogen) atoms. The predicted molar refractivity (Wildman–Crippen MR) is 101 cm³/mol. The van der Waals surface area contributed by atoms with E-state index in [1.165, 1.54) is 12.3 Å². The average molecular weight is 367 g/mol. The van der Waals surface area contributed by atoms with Gasteiger partial charge >= 0.3 is 0 Å². The van der Waals surface area contributed by atoms with E-state index in [0.29, 0.717) is 22.0 Å². The molecule has 1 aromatic heterocycles. The third-order valence-corrected chi connectivity index (χ3v) is 3.71. The van der Waals surface area contributed by atoms with E-state index < -0.39 is 11.8 Å². The topological polar surface area (TPSA) is 71.3 Å².